The van der Waals surface area contributed by atoms with Crippen LogP contribution in [0.1, 0.15) is 23.7 Å². The largest absolute Gasteiger partial charge is 0.294 e. The van der Waals surface area contributed by atoms with E-state index in [1.807, 2.05) is 12.1 Å². The van der Waals surface area contributed by atoms with Crippen LogP contribution in [0.2, 0.25) is 0 Å². The Labute approximate surface area is 91.3 Å². The van der Waals surface area contributed by atoms with E-state index in [1.54, 1.807) is 19.1 Å². The van der Waals surface area contributed by atoms with Gasteiger partial charge in [0, 0.05) is 16.5 Å². The molecule has 0 spiro atoms. The summed E-state index contributed by atoms with van der Waals surface area (Å²) >= 11 is 8.18. The molecule has 0 amide bonds. The van der Waals surface area contributed by atoms with E-state index in [1.165, 1.54) is 0 Å². The molecule has 1 aromatic carbocycles. The van der Waals surface area contributed by atoms with Gasteiger partial charge in [-0.3, -0.25) is 4.79 Å². The summed E-state index contributed by atoms with van der Waals surface area (Å²) < 4.78 is 0.975. The van der Waals surface area contributed by atoms with E-state index in [2.05, 4.69) is 15.9 Å². The van der Waals surface area contributed by atoms with Crippen LogP contribution in [0.3, 0.4) is 0 Å². The molecule has 0 saturated heterocycles. The van der Waals surface area contributed by atoms with E-state index in [9.17, 15) is 4.79 Å². The minimum atomic E-state index is 0.0833. The Morgan fingerprint density at radius 2 is 1.92 bits per heavy atom. The van der Waals surface area contributed by atoms with Crippen molar-refractivity contribution < 1.29 is 4.79 Å². The molecule has 0 bridgehead atoms. The first-order valence-corrected chi connectivity index (χ1v) is 5.08. The Morgan fingerprint density at radius 3 is 2.38 bits per heavy atom. The summed E-state index contributed by atoms with van der Waals surface area (Å²) in [6.45, 7) is 1.78. The van der Waals surface area contributed by atoms with Crippen LogP contribution in [-0.4, -0.2) is 10.6 Å². The molecular weight excluding hydrogens is 248 g/mol. The molecule has 1 aromatic rings. The van der Waals surface area contributed by atoms with E-state index in [0.717, 1.165) is 9.34 Å². The molecule has 0 aromatic heterocycles. The van der Waals surface area contributed by atoms with Gasteiger partial charge < -0.3 is 0 Å². The molecule has 0 unspecified atom stereocenters. The standard InChI is InChI=1S/C10H9BrOS/c1-7(13)6-10(12)8-2-4-9(11)5-3-8/h2-5H,6H2,1H3. The first kappa shape index (κ1) is 10.5. The summed E-state index contributed by atoms with van der Waals surface area (Å²) in [5, 5.41) is 0. The van der Waals surface area contributed by atoms with Gasteiger partial charge in [0.1, 0.15) is 0 Å². The van der Waals surface area contributed by atoms with Crippen molar-refractivity contribution in [3.05, 3.63) is 34.3 Å². The summed E-state index contributed by atoms with van der Waals surface area (Å²) in [6.07, 6.45) is 0.358. The Kier molecular flexibility index (Phi) is 3.75. The number of hydrogen-bond donors (Lipinski definition) is 0. The molecule has 0 fully saturated rings. The number of Topliss-reactive ketones (excluding diaryl/α,β-unsaturated/α-hetero) is 1. The van der Waals surface area contributed by atoms with Gasteiger partial charge in [-0.05, 0) is 23.9 Å². The minimum absolute atomic E-state index is 0.0833. The van der Waals surface area contributed by atoms with Crippen LogP contribution in [0.25, 0.3) is 0 Å². The van der Waals surface area contributed by atoms with Gasteiger partial charge in [-0.1, -0.05) is 40.3 Å². The van der Waals surface area contributed by atoms with Gasteiger partial charge in [0.25, 0.3) is 0 Å². The molecule has 0 aliphatic rings. The van der Waals surface area contributed by atoms with Crippen molar-refractivity contribution in [1.29, 1.82) is 0 Å². The molecule has 0 aliphatic carbocycles. The third-order valence-corrected chi connectivity index (χ3v) is 2.25. The second-order valence-electron chi connectivity index (χ2n) is 2.81. The highest BCUT2D eigenvalue weighted by Crippen LogP contribution is 2.12. The first-order chi connectivity index (χ1) is 6.09. The van der Waals surface area contributed by atoms with Crippen molar-refractivity contribution >= 4 is 38.8 Å². The first-order valence-electron chi connectivity index (χ1n) is 3.88. The van der Waals surface area contributed by atoms with E-state index >= 15 is 0 Å². The fraction of sp³-hybridized carbons (Fsp3) is 0.200. The van der Waals surface area contributed by atoms with Crippen LogP contribution in [-0.2, 0) is 0 Å². The molecule has 1 nitrogen and oxygen atoms in total. The van der Waals surface area contributed by atoms with Gasteiger partial charge in [-0.25, -0.2) is 0 Å². The number of carbonyl (C=O) groups is 1. The summed E-state index contributed by atoms with van der Waals surface area (Å²) in [4.78, 5) is 12.2. The molecule has 3 heteroatoms. The van der Waals surface area contributed by atoms with Crippen LogP contribution in [0.15, 0.2) is 28.7 Å². The summed E-state index contributed by atoms with van der Waals surface area (Å²) in [5.41, 5.74) is 0.715. The molecular formula is C10H9BrOS. The van der Waals surface area contributed by atoms with Crippen LogP contribution < -0.4 is 0 Å². The zero-order valence-corrected chi connectivity index (χ0v) is 9.61. The molecule has 0 saturated carbocycles. The van der Waals surface area contributed by atoms with Crippen LogP contribution in [0.4, 0.5) is 0 Å². The van der Waals surface area contributed by atoms with Crippen molar-refractivity contribution in [2.75, 3.05) is 0 Å². The van der Waals surface area contributed by atoms with Crippen LogP contribution in [0.5, 0.6) is 0 Å². The van der Waals surface area contributed by atoms with Crippen LogP contribution in [0, 0.1) is 0 Å². The average Bonchev–Trinajstić information content (AvgIpc) is 2.04. The highest BCUT2D eigenvalue weighted by atomic mass is 79.9. The number of thiocarbonyl (C=S) groups is 1. The van der Waals surface area contributed by atoms with Crippen molar-refractivity contribution in [3.63, 3.8) is 0 Å². The lowest BCUT2D eigenvalue weighted by atomic mass is 10.1. The third-order valence-electron chi connectivity index (χ3n) is 1.58. The molecule has 0 N–H and O–H groups in total. The summed E-state index contributed by atoms with van der Waals surface area (Å²) in [7, 11) is 0. The Bertz CT molecular complexity index is 329. The van der Waals surface area contributed by atoms with Crippen molar-refractivity contribution in [2.24, 2.45) is 0 Å². The molecule has 0 atom stereocenters. The number of benzene rings is 1. The Balaban J connectivity index is 2.78. The number of carbonyl (C=O) groups excluding carboxylic acids is 1. The predicted octanol–water partition coefficient (Wildman–Crippen LogP) is 3.41. The summed E-state index contributed by atoms with van der Waals surface area (Å²) in [6, 6.07) is 7.30. The van der Waals surface area contributed by atoms with Crippen LogP contribution >= 0.6 is 28.1 Å². The minimum Gasteiger partial charge on any atom is -0.294 e. The van der Waals surface area contributed by atoms with Gasteiger partial charge >= 0.3 is 0 Å². The average molecular weight is 257 g/mol. The monoisotopic (exact) mass is 256 g/mol. The van der Waals surface area contributed by atoms with Gasteiger partial charge in [0.15, 0.2) is 5.78 Å². The van der Waals surface area contributed by atoms with Gasteiger partial charge in [-0.15, -0.1) is 0 Å². The smallest absolute Gasteiger partial charge is 0.167 e. The number of halogens is 1. The van der Waals surface area contributed by atoms with Gasteiger partial charge in [0.2, 0.25) is 0 Å². The normalized spacial score (nSPS) is 9.69. The maximum absolute atomic E-state index is 11.5. The van der Waals surface area contributed by atoms with Gasteiger partial charge in [0.05, 0.1) is 0 Å². The summed E-state index contributed by atoms with van der Waals surface area (Å²) in [5.74, 6) is 0.0833. The molecule has 0 radical (unpaired) electrons. The maximum atomic E-state index is 11.5. The number of rotatable bonds is 3. The zero-order valence-electron chi connectivity index (χ0n) is 7.21. The highest BCUT2D eigenvalue weighted by molar-refractivity contribution is 9.10. The second-order valence-corrected chi connectivity index (χ2v) is 4.42. The second kappa shape index (κ2) is 4.63. The number of ketones is 1. The fourth-order valence-corrected chi connectivity index (χ4v) is 1.36. The predicted molar refractivity (Wildman–Crippen MR) is 61.4 cm³/mol. The lowest BCUT2D eigenvalue weighted by Gasteiger charge is -1.98. The highest BCUT2D eigenvalue weighted by Gasteiger charge is 2.05. The van der Waals surface area contributed by atoms with E-state index in [4.69, 9.17) is 12.2 Å². The van der Waals surface area contributed by atoms with E-state index in [0.29, 0.717) is 12.0 Å². The molecule has 13 heavy (non-hydrogen) atoms. The van der Waals surface area contributed by atoms with E-state index < -0.39 is 0 Å². The number of hydrogen-bond acceptors (Lipinski definition) is 2. The van der Waals surface area contributed by atoms with Crippen molar-refractivity contribution in [1.82, 2.24) is 0 Å². The van der Waals surface area contributed by atoms with Gasteiger partial charge in [-0.2, -0.15) is 0 Å². The molecule has 68 valence electrons. The lowest BCUT2D eigenvalue weighted by molar-refractivity contribution is 0.100. The zero-order chi connectivity index (χ0) is 9.84. The Morgan fingerprint density at radius 1 is 1.38 bits per heavy atom. The molecule has 1 rings (SSSR count). The maximum Gasteiger partial charge on any atom is 0.167 e. The third kappa shape index (κ3) is 3.36. The topological polar surface area (TPSA) is 17.1 Å². The molecule has 0 aliphatic heterocycles. The fourth-order valence-electron chi connectivity index (χ4n) is 0.964. The Hall–Kier alpha value is -0.540. The quantitative estimate of drug-likeness (QED) is 0.609. The van der Waals surface area contributed by atoms with Crippen molar-refractivity contribution in [2.45, 2.75) is 13.3 Å². The SMILES string of the molecule is CC(=S)CC(=O)c1ccc(Br)cc1. The molecule has 0 heterocycles. The van der Waals surface area contributed by atoms with Crippen molar-refractivity contribution in [3.8, 4) is 0 Å². The van der Waals surface area contributed by atoms with E-state index in [-0.39, 0.29) is 5.78 Å². The lowest BCUT2D eigenvalue weighted by Crippen LogP contribution is -2.02.